The molecule has 1 saturated carbocycles. The Morgan fingerprint density at radius 3 is 2.59 bits per heavy atom. The van der Waals surface area contributed by atoms with Crippen molar-refractivity contribution in [2.45, 2.75) is 70.3 Å². The Bertz CT molecular complexity index is 913. The van der Waals surface area contributed by atoms with Gasteiger partial charge in [0.05, 0.1) is 5.57 Å². The number of halogens is 2. The minimum atomic E-state index is -0.528. The zero-order valence-electron chi connectivity index (χ0n) is 16.5. The zero-order chi connectivity index (χ0) is 20.5. The van der Waals surface area contributed by atoms with Gasteiger partial charge in [0.15, 0.2) is 5.78 Å². The Labute approximate surface area is 181 Å². The molecule has 6 heteroatoms. The fraction of sp³-hybridized carbons (Fsp3) is 0.478. The molecule has 2 aliphatic carbocycles. The van der Waals surface area contributed by atoms with Crippen LogP contribution in [0.1, 0.15) is 69.8 Å². The topological polar surface area (TPSA) is 55.4 Å². The molecular formula is C23H25Cl2NO3. The lowest BCUT2D eigenvalue weighted by Gasteiger charge is -2.35. The number of hydrogen-bond donors (Lipinski definition) is 1. The van der Waals surface area contributed by atoms with Crippen molar-refractivity contribution in [1.29, 1.82) is 0 Å². The van der Waals surface area contributed by atoms with Gasteiger partial charge in [-0.3, -0.25) is 4.79 Å². The number of dihydropyridines is 1. The molecule has 1 heterocycles. The lowest BCUT2D eigenvalue weighted by atomic mass is 9.75. The van der Waals surface area contributed by atoms with Crippen LogP contribution in [-0.2, 0) is 14.3 Å². The van der Waals surface area contributed by atoms with Gasteiger partial charge >= 0.3 is 5.97 Å². The van der Waals surface area contributed by atoms with Gasteiger partial charge in [0.2, 0.25) is 0 Å². The molecule has 1 aliphatic heterocycles. The first kappa shape index (κ1) is 20.5. The summed E-state index contributed by atoms with van der Waals surface area (Å²) in [7, 11) is 0. The first-order chi connectivity index (χ1) is 14.0. The Balaban J connectivity index is 1.76. The molecular weight excluding hydrogens is 409 g/mol. The molecule has 4 nitrogen and oxygen atoms in total. The highest BCUT2D eigenvalue weighted by Gasteiger charge is 2.40. The summed E-state index contributed by atoms with van der Waals surface area (Å²) >= 11 is 12.6. The number of hydrogen-bond acceptors (Lipinski definition) is 4. The van der Waals surface area contributed by atoms with Crippen LogP contribution in [0.2, 0.25) is 10.0 Å². The van der Waals surface area contributed by atoms with Crippen LogP contribution in [0.5, 0.6) is 0 Å². The maximum Gasteiger partial charge on any atom is 0.337 e. The predicted octanol–water partition coefficient (Wildman–Crippen LogP) is 5.84. The quantitative estimate of drug-likeness (QED) is 0.608. The number of ether oxygens (including phenoxy) is 1. The second kappa shape index (κ2) is 8.53. The van der Waals surface area contributed by atoms with E-state index in [1.165, 1.54) is 6.42 Å². The third-order valence-corrected chi connectivity index (χ3v) is 6.66. The molecule has 0 saturated heterocycles. The maximum absolute atomic E-state index is 13.3. The number of carbonyl (C=O) groups is 2. The Kier molecular flexibility index (Phi) is 6.03. The maximum atomic E-state index is 13.3. The number of rotatable bonds is 3. The second-order valence-corrected chi connectivity index (χ2v) is 8.94. The summed E-state index contributed by atoms with van der Waals surface area (Å²) in [4.78, 5) is 26.2. The highest BCUT2D eigenvalue weighted by Crippen LogP contribution is 2.45. The van der Waals surface area contributed by atoms with Crippen molar-refractivity contribution in [3.63, 3.8) is 0 Å². The summed E-state index contributed by atoms with van der Waals surface area (Å²) in [6.07, 6.45) is 7.14. The Hall–Kier alpha value is -1.78. The highest BCUT2D eigenvalue weighted by molar-refractivity contribution is 6.35. The lowest BCUT2D eigenvalue weighted by Crippen LogP contribution is -2.35. The average molecular weight is 434 g/mol. The minimum absolute atomic E-state index is 0.0599. The molecule has 1 aromatic carbocycles. The molecule has 0 radical (unpaired) electrons. The van der Waals surface area contributed by atoms with Crippen LogP contribution < -0.4 is 5.32 Å². The van der Waals surface area contributed by atoms with Crippen molar-refractivity contribution in [2.24, 2.45) is 0 Å². The fourth-order valence-corrected chi connectivity index (χ4v) is 5.22. The van der Waals surface area contributed by atoms with Crippen LogP contribution in [0.15, 0.2) is 40.7 Å². The lowest BCUT2D eigenvalue weighted by molar-refractivity contribution is -0.146. The zero-order valence-corrected chi connectivity index (χ0v) is 18.0. The molecule has 1 fully saturated rings. The molecule has 0 aromatic heterocycles. The summed E-state index contributed by atoms with van der Waals surface area (Å²) in [6.45, 7) is 1.87. The van der Waals surface area contributed by atoms with E-state index in [0.29, 0.717) is 27.6 Å². The van der Waals surface area contributed by atoms with Gasteiger partial charge in [-0.25, -0.2) is 4.79 Å². The van der Waals surface area contributed by atoms with Gasteiger partial charge in [0, 0.05) is 39.4 Å². The smallest absolute Gasteiger partial charge is 0.337 e. The first-order valence-corrected chi connectivity index (χ1v) is 11.1. The van der Waals surface area contributed by atoms with Crippen molar-refractivity contribution in [3.05, 3.63) is 56.3 Å². The van der Waals surface area contributed by atoms with Gasteiger partial charge < -0.3 is 10.1 Å². The van der Waals surface area contributed by atoms with E-state index in [9.17, 15) is 9.59 Å². The van der Waals surface area contributed by atoms with Crippen LogP contribution >= 0.6 is 23.2 Å². The van der Waals surface area contributed by atoms with Gasteiger partial charge in [0.1, 0.15) is 6.10 Å². The molecule has 0 amide bonds. The number of esters is 1. The van der Waals surface area contributed by atoms with Crippen molar-refractivity contribution < 1.29 is 14.3 Å². The minimum Gasteiger partial charge on any atom is -0.459 e. The molecule has 1 atom stereocenters. The molecule has 29 heavy (non-hydrogen) atoms. The highest BCUT2D eigenvalue weighted by atomic mass is 35.5. The summed E-state index contributed by atoms with van der Waals surface area (Å²) in [6, 6.07) is 5.22. The third-order valence-electron chi connectivity index (χ3n) is 6.10. The average Bonchev–Trinajstić information content (AvgIpc) is 2.68. The summed E-state index contributed by atoms with van der Waals surface area (Å²) in [5.74, 6) is -0.826. The molecule has 154 valence electrons. The Morgan fingerprint density at radius 2 is 1.86 bits per heavy atom. The van der Waals surface area contributed by atoms with Crippen molar-refractivity contribution >= 4 is 35.0 Å². The van der Waals surface area contributed by atoms with E-state index in [1.807, 2.05) is 13.0 Å². The predicted molar refractivity (Wildman–Crippen MR) is 114 cm³/mol. The monoisotopic (exact) mass is 433 g/mol. The standard InChI is InChI=1S/C23H25Cl2NO3/c1-13-20(23(28)29-15-6-3-2-4-7-15)21(16-11-10-14(24)12-17(16)25)22-18(26-13)8-5-9-19(22)27/h10-12,15,21,26H,2-9H2,1H3/t21-/m1/s1. The molecule has 0 spiro atoms. The summed E-state index contributed by atoms with van der Waals surface area (Å²) < 4.78 is 5.89. The van der Waals surface area contributed by atoms with Gasteiger partial charge in [-0.1, -0.05) is 35.7 Å². The third kappa shape index (κ3) is 4.10. The van der Waals surface area contributed by atoms with Crippen molar-refractivity contribution in [3.8, 4) is 0 Å². The number of ketones is 1. The van der Waals surface area contributed by atoms with E-state index in [4.69, 9.17) is 27.9 Å². The van der Waals surface area contributed by atoms with Gasteiger partial charge in [-0.05, 0) is 63.1 Å². The van der Waals surface area contributed by atoms with E-state index < -0.39 is 5.92 Å². The molecule has 3 aliphatic rings. The van der Waals surface area contributed by atoms with E-state index in [2.05, 4.69) is 5.32 Å². The van der Waals surface area contributed by atoms with E-state index in [1.54, 1.807) is 12.1 Å². The summed E-state index contributed by atoms with van der Waals surface area (Å²) in [5.41, 5.74) is 3.46. The van der Waals surface area contributed by atoms with Crippen LogP contribution in [0.25, 0.3) is 0 Å². The van der Waals surface area contributed by atoms with Gasteiger partial charge in [-0.2, -0.15) is 0 Å². The van der Waals surface area contributed by atoms with Crippen LogP contribution in [0.4, 0.5) is 0 Å². The Morgan fingerprint density at radius 1 is 1.10 bits per heavy atom. The summed E-state index contributed by atoms with van der Waals surface area (Å²) in [5, 5.41) is 4.28. The largest absolute Gasteiger partial charge is 0.459 e. The van der Waals surface area contributed by atoms with E-state index >= 15 is 0 Å². The van der Waals surface area contributed by atoms with E-state index in [0.717, 1.165) is 55.5 Å². The first-order valence-electron chi connectivity index (χ1n) is 10.4. The number of allylic oxidation sites excluding steroid dienone is 3. The molecule has 1 N–H and O–H groups in total. The SMILES string of the molecule is CC1=C(C(=O)OC2CCCCC2)[C@@H](c2ccc(Cl)cc2Cl)C2=C(CCCC2=O)N1. The fourth-order valence-electron chi connectivity index (χ4n) is 4.70. The number of Topliss-reactive ketones (excluding diaryl/α,β-unsaturated/α-hetero) is 1. The van der Waals surface area contributed by atoms with Crippen LogP contribution in [-0.4, -0.2) is 17.9 Å². The van der Waals surface area contributed by atoms with Gasteiger partial charge in [-0.15, -0.1) is 0 Å². The number of carbonyl (C=O) groups excluding carboxylic acids is 2. The second-order valence-electron chi connectivity index (χ2n) is 8.10. The molecule has 1 aromatic rings. The molecule has 0 unspecified atom stereocenters. The number of benzene rings is 1. The van der Waals surface area contributed by atoms with Crippen LogP contribution in [0, 0.1) is 0 Å². The van der Waals surface area contributed by atoms with E-state index in [-0.39, 0.29) is 17.9 Å². The van der Waals surface area contributed by atoms with Crippen molar-refractivity contribution in [1.82, 2.24) is 5.32 Å². The molecule has 4 rings (SSSR count). The number of nitrogens with one attached hydrogen (secondary N) is 1. The van der Waals surface area contributed by atoms with Crippen molar-refractivity contribution in [2.75, 3.05) is 0 Å². The normalized spacial score (nSPS) is 23.0. The van der Waals surface area contributed by atoms with Gasteiger partial charge in [0.25, 0.3) is 0 Å². The van der Waals surface area contributed by atoms with Crippen LogP contribution in [0.3, 0.4) is 0 Å². The molecule has 0 bridgehead atoms.